The molecule has 5 nitrogen and oxygen atoms in total. The minimum Gasteiger partial charge on any atom is -0.327 e. The highest BCUT2D eigenvalue weighted by atomic mass is 35.5. The Morgan fingerprint density at radius 2 is 2.04 bits per heavy atom. The summed E-state index contributed by atoms with van der Waals surface area (Å²) in [5.41, 5.74) is 5.11. The van der Waals surface area contributed by atoms with E-state index in [1.807, 2.05) is 36.7 Å². The van der Waals surface area contributed by atoms with Crippen LogP contribution in [0.25, 0.3) is 0 Å². The van der Waals surface area contributed by atoms with Crippen LogP contribution in [0, 0.1) is 20.8 Å². The lowest BCUT2D eigenvalue weighted by molar-refractivity contribution is 0.223. The zero-order valence-electron chi connectivity index (χ0n) is 15.0. The van der Waals surface area contributed by atoms with Crippen molar-refractivity contribution in [2.75, 3.05) is 18.9 Å². The van der Waals surface area contributed by atoms with Crippen LogP contribution in [0.2, 0.25) is 5.02 Å². The molecule has 1 heterocycles. The number of amides is 2. The van der Waals surface area contributed by atoms with Gasteiger partial charge in [-0.05, 0) is 57.4 Å². The van der Waals surface area contributed by atoms with E-state index in [0.29, 0.717) is 17.3 Å². The molecule has 0 saturated heterocycles. The van der Waals surface area contributed by atoms with Crippen molar-refractivity contribution in [2.24, 2.45) is 0 Å². The lowest BCUT2D eigenvalue weighted by Crippen LogP contribution is -2.33. The number of rotatable bonds is 5. The van der Waals surface area contributed by atoms with Crippen molar-refractivity contribution in [1.82, 2.24) is 14.7 Å². The molecule has 0 spiro atoms. The molecule has 0 aliphatic carbocycles. The highest BCUT2D eigenvalue weighted by molar-refractivity contribution is 6.33. The Balaban J connectivity index is 1.98. The molecule has 0 aliphatic rings. The first kappa shape index (κ1) is 18.3. The fourth-order valence-electron chi connectivity index (χ4n) is 2.72. The molecule has 24 heavy (non-hydrogen) atoms. The average Bonchev–Trinajstić information content (AvgIpc) is 2.81. The Bertz CT molecular complexity index is 739. The van der Waals surface area contributed by atoms with Gasteiger partial charge in [0.25, 0.3) is 0 Å². The number of likely N-dealkylation sites (N-methyl/N-ethyl adjacent to an activating group) is 1. The molecule has 130 valence electrons. The SMILES string of the molecule is CCn1nc(C)c(CCN(C)C(=O)Nc2ccc(C)cc2Cl)c1C. The van der Waals surface area contributed by atoms with E-state index in [0.717, 1.165) is 24.2 Å². The molecular weight excluding hydrogens is 324 g/mol. The van der Waals surface area contributed by atoms with Crippen LogP contribution in [0.3, 0.4) is 0 Å². The van der Waals surface area contributed by atoms with Crippen molar-refractivity contribution < 1.29 is 4.79 Å². The largest absolute Gasteiger partial charge is 0.327 e. The Hall–Kier alpha value is -2.01. The van der Waals surface area contributed by atoms with Gasteiger partial charge in [-0.15, -0.1) is 0 Å². The normalized spacial score (nSPS) is 10.8. The molecule has 0 saturated carbocycles. The Morgan fingerprint density at radius 3 is 2.62 bits per heavy atom. The molecule has 0 radical (unpaired) electrons. The number of benzene rings is 1. The van der Waals surface area contributed by atoms with Crippen molar-refractivity contribution in [3.63, 3.8) is 0 Å². The summed E-state index contributed by atoms with van der Waals surface area (Å²) < 4.78 is 2.00. The van der Waals surface area contributed by atoms with Crippen LogP contribution >= 0.6 is 11.6 Å². The van der Waals surface area contributed by atoms with Gasteiger partial charge in [0.05, 0.1) is 16.4 Å². The summed E-state index contributed by atoms with van der Waals surface area (Å²) in [6.45, 7) is 9.60. The van der Waals surface area contributed by atoms with Crippen molar-refractivity contribution >= 4 is 23.3 Å². The van der Waals surface area contributed by atoms with Crippen molar-refractivity contribution in [2.45, 2.75) is 40.7 Å². The van der Waals surface area contributed by atoms with E-state index < -0.39 is 0 Å². The smallest absolute Gasteiger partial charge is 0.321 e. The van der Waals surface area contributed by atoms with Crippen molar-refractivity contribution in [3.8, 4) is 0 Å². The highest BCUT2D eigenvalue weighted by Gasteiger charge is 2.14. The number of aryl methyl sites for hydroxylation is 3. The maximum Gasteiger partial charge on any atom is 0.321 e. The number of nitrogens with zero attached hydrogens (tertiary/aromatic N) is 3. The number of anilines is 1. The zero-order chi connectivity index (χ0) is 17.9. The van der Waals surface area contributed by atoms with Crippen LogP contribution in [-0.2, 0) is 13.0 Å². The van der Waals surface area contributed by atoms with Gasteiger partial charge in [-0.1, -0.05) is 17.7 Å². The quantitative estimate of drug-likeness (QED) is 0.880. The lowest BCUT2D eigenvalue weighted by Gasteiger charge is -2.18. The first-order chi connectivity index (χ1) is 11.3. The second kappa shape index (κ2) is 7.71. The monoisotopic (exact) mass is 348 g/mol. The van der Waals surface area contributed by atoms with Gasteiger partial charge >= 0.3 is 6.03 Å². The van der Waals surface area contributed by atoms with Crippen LogP contribution in [0.15, 0.2) is 18.2 Å². The van der Waals surface area contributed by atoms with E-state index in [1.165, 1.54) is 11.3 Å². The molecule has 0 aliphatic heterocycles. The number of carbonyl (C=O) groups is 1. The number of aromatic nitrogens is 2. The average molecular weight is 349 g/mol. The molecule has 0 fully saturated rings. The van der Waals surface area contributed by atoms with E-state index in [-0.39, 0.29) is 6.03 Å². The molecule has 0 unspecified atom stereocenters. The summed E-state index contributed by atoms with van der Waals surface area (Å²) in [6, 6.07) is 5.42. The van der Waals surface area contributed by atoms with Gasteiger partial charge in [-0.25, -0.2) is 4.79 Å². The van der Waals surface area contributed by atoms with E-state index in [2.05, 4.69) is 24.3 Å². The van der Waals surface area contributed by atoms with Gasteiger partial charge in [0.1, 0.15) is 0 Å². The van der Waals surface area contributed by atoms with Crippen LogP contribution in [0.4, 0.5) is 10.5 Å². The Morgan fingerprint density at radius 1 is 1.33 bits per heavy atom. The summed E-state index contributed by atoms with van der Waals surface area (Å²) in [7, 11) is 1.78. The van der Waals surface area contributed by atoms with Crippen LogP contribution in [-0.4, -0.2) is 34.3 Å². The predicted octanol–water partition coefficient (Wildman–Crippen LogP) is 4.19. The van der Waals surface area contributed by atoms with Crippen LogP contribution in [0.5, 0.6) is 0 Å². The predicted molar refractivity (Wildman–Crippen MR) is 98.9 cm³/mol. The molecule has 1 aromatic heterocycles. The molecule has 2 amide bonds. The third-order valence-electron chi connectivity index (χ3n) is 4.24. The van der Waals surface area contributed by atoms with Gasteiger partial charge in [0, 0.05) is 25.8 Å². The van der Waals surface area contributed by atoms with Gasteiger partial charge in [0.2, 0.25) is 0 Å². The molecule has 1 aromatic carbocycles. The van der Waals surface area contributed by atoms with E-state index >= 15 is 0 Å². The molecule has 0 bridgehead atoms. The van der Waals surface area contributed by atoms with Gasteiger partial charge < -0.3 is 10.2 Å². The molecule has 2 aromatic rings. The van der Waals surface area contributed by atoms with E-state index in [9.17, 15) is 4.79 Å². The maximum absolute atomic E-state index is 12.3. The molecule has 6 heteroatoms. The van der Waals surface area contributed by atoms with Crippen LogP contribution < -0.4 is 5.32 Å². The second-order valence-corrected chi connectivity index (χ2v) is 6.46. The summed E-state index contributed by atoms with van der Waals surface area (Å²) in [6.07, 6.45) is 0.781. The summed E-state index contributed by atoms with van der Waals surface area (Å²) in [4.78, 5) is 14.0. The van der Waals surface area contributed by atoms with Crippen LogP contribution in [0.1, 0.15) is 29.4 Å². The lowest BCUT2D eigenvalue weighted by atomic mass is 10.1. The minimum absolute atomic E-state index is 0.168. The molecule has 1 N–H and O–H groups in total. The first-order valence-corrected chi connectivity index (χ1v) is 8.52. The number of halogens is 1. The molecule has 0 atom stereocenters. The first-order valence-electron chi connectivity index (χ1n) is 8.14. The fraction of sp³-hybridized carbons (Fsp3) is 0.444. The number of hydrogen-bond acceptors (Lipinski definition) is 2. The maximum atomic E-state index is 12.3. The van der Waals surface area contributed by atoms with Crippen molar-refractivity contribution in [1.29, 1.82) is 0 Å². The summed E-state index contributed by atoms with van der Waals surface area (Å²) in [5.74, 6) is 0. The fourth-order valence-corrected chi connectivity index (χ4v) is 3.00. The summed E-state index contributed by atoms with van der Waals surface area (Å²) in [5, 5.41) is 7.92. The van der Waals surface area contributed by atoms with Gasteiger partial charge in [-0.2, -0.15) is 5.10 Å². The van der Waals surface area contributed by atoms with Gasteiger partial charge in [0.15, 0.2) is 0 Å². The van der Waals surface area contributed by atoms with E-state index in [1.54, 1.807) is 11.9 Å². The van der Waals surface area contributed by atoms with E-state index in [4.69, 9.17) is 11.6 Å². The van der Waals surface area contributed by atoms with Gasteiger partial charge in [-0.3, -0.25) is 4.68 Å². The third kappa shape index (κ3) is 4.09. The zero-order valence-corrected chi connectivity index (χ0v) is 15.7. The topological polar surface area (TPSA) is 50.2 Å². The highest BCUT2D eigenvalue weighted by Crippen LogP contribution is 2.23. The molecular formula is C18H25ClN4O. The number of nitrogens with one attached hydrogen (secondary N) is 1. The third-order valence-corrected chi connectivity index (χ3v) is 4.55. The minimum atomic E-state index is -0.168. The van der Waals surface area contributed by atoms with Crippen molar-refractivity contribution in [3.05, 3.63) is 45.7 Å². The molecule has 2 rings (SSSR count). The second-order valence-electron chi connectivity index (χ2n) is 6.05. The Kier molecular flexibility index (Phi) is 5.89. The number of urea groups is 1. The Labute approximate surface area is 148 Å². The standard InChI is InChI=1S/C18H25ClN4O/c1-6-23-14(4)15(13(3)21-23)9-10-22(5)18(24)20-17-8-7-12(2)11-16(17)19/h7-8,11H,6,9-10H2,1-5H3,(H,20,24). The summed E-state index contributed by atoms with van der Waals surface area (Å²) >= 11 is 6.17. The number of carbonyl (C=O) groups excluding carboxylic acids is 1. The number of hydrogen-bond donors (Lipinski definition) is 1.